The minimum Gasteiger partial charge on any atom is -0.480 e. The SMILES string of the molecule is O=C(NC(CC(F)(F)F)C(=O)O)c1ncccc1C(F)(F)F. The summed E-state index contributed by atoms with van der Waals surface area (Å²) >= 11 is 0. The fourth-order valence-electron chi connectivity index (χ4n) is 1.47. The molecule has 11 heteroatoms. The lowest BCUT2D eigenvalue weighted by Gasteiger charge is -2.17. The number of rotatable bonds is 4. The minimum atomic E-state index is -4.97. The molecule has 0 aliphatic carbocycles. The molecule has 0 aliphatic rings. The van der Waals surface area contributed by atoms with Crippen LogP contribution in [0.2, 0.25) is 0 Å². The number of hydrogen-bond acceptors (Lipinski definition) is 3. The Morgan fingerprint density at radius 1 is 1.23 bits per heavy atom. The number of aliphatic carboxylic acids is 1. The van der Waals surface area contributed by atoms with Crippen LogP contribution in [0.3, 0.4) is 0 Å². The number of alkyl halides is 6. The summed E-state index contributed by atoms with van der Waals surface area (Å²) in [5.74, 6) is -3.69. The third-order valence-electron chi connectivity index (χ3n) is 2.37. The quantitative estimate of drug-likeness (QED) is 0.830. The number of amides is 1. The third-order valence-corrected chi connectivity index (χ3v) is 2.37. The fourth-order valence-corrected chi connectivity index (χ4v) is 1.47. The highest BCUT2D eigenvalue weighted by Gasteiger charge is 2.39. The highest BCUT2D eigenvalue weighted by molar-refractivity contribution is 5.96. The molecule has 1 aromatic heterocycles. The molecule has 122 valence electrons. The van der Waals surface area contributed by atoms with Gasteiger partial charge in [-0.1, -0.05) is 0 Å². The molecule has 0 radical (unpaired) electrons. The van der Waals surface area contributed by atoms with Crippen LogP contribution >= 0.6 is 0 Å². The second-order valence-electron chi connectivity index (χ2n) is 4.08. The van der Waals surface area contributed by atoms with E-state index in [9.17, 15) is 35.9 Å². The van der Waals surface area contributed by atoms with E-state index in [-0.39, 0.29) is 0 Å². The van der Waals surface area contributed by atoms with Crippen LogP contribution in [0.4, 0.5) is 26.3 Å². The molecule has 1 rings (SSSR count). The Morgan fingerprint density at radius 3 is 2.27 bits per heavy atom. The molecule has 1 aromatic rings. The number of carboxylic acid groups (broad SMARTS) is 1. The van der Waals surface area contributed by atoms with Crippen LogP contribution in [0, 0.1) is 0 Å². The van der Waals surface area contributed by atoms with Crippen LogP contribution in [0.15, 0.2) is 18.3 Å². The average Bonchev–Trinajstić information content (AvgIpc) is 2.35. The Hall–Kier alpha value is -2.33. The Bertz CT molecular complexity index is 570. The normalized spacial score (nSPS) is 13.5. The van der Waals surface area contributed by atoms with Crippen molar-refractivity contribution in [1.82, 2.24) is 10.3 Å². The smallest absolute Gasteiger partial charge is 0.418 e. The Kier molecular flexibility index (Phi) is 4.99. The second-order valence-corrected chi connectivity index (χ2v) is 4.08. The van der Waals surface area contributed by atoms with Gasteiger partial charge < -0.3 is 10.4 Å². The first-order valence-corrected chi connectivity index (χ1v) is 5.54. The summed E-state index contributed by atoms with van der Waals surface area (Å²) < 4.78 is 74.5. The zero-order valence-corrected chi connectivity index (χ0v) is 10.5. The molecular formula is C11H8F6N2O3. The van der Waals surface area contributed by atoms with E-state index in [1.807, 2.05) is 0 Å². The zero-order valence-electron chi connectivity index (χ0n) is 10.5. The van der Waals surface area contributed by atoms with Crippen molar-refractivity contribution in [1.29, 1.82) is 0 Å². The fraction of sp³-hybridized carbons (Fsp3) is 0.364. The van der Waals surface area contributed by atoms with Gasteiger partial charge in [-0.25, -0.2) is 4.79 Å². The molecule has 0 aromatic carbocycles. The number of halogens is 6. The summed E-state index contributed by atoms with van der Waals surface area (Å²) in [6, 6.07) is -1.04. The molecule has 1 amide bonds. The van der Waals surface area contributed by atoms with Crippen LogP contribution in [0.25, 0.3) is 0 Å². The number of nitrogens with one attached hydrogen (secondary N) is 1. The first-order valence-electron chi connectivity index (χ1n) is 5.54. The molecule has 1 heterocycles. The standard InChI is InChI=1S/C11H8F6N2O3/c12-10(13,14)4-6(9(21)22)19-8(20)7-5(11(15,16)17)2-1-3-18-7/h1-3,6H,4H2,(H,19,20)(H,21,22). The van der Waals surface area contributed by atoms with Crippen LogP contribution in [0.5, 0.6) is 0 Å². The van der Waals surface area contributed by atoms with Gasteiger partial charge in [0.1, 0.15) is 11.7 Å². The first-order chi connectivity index (χ1) is 9.92. The molecule has 1 atom stereocenters. The predicted molar refractivity (Wildman–Crippen MR) is 58.8 cm³/mol. The lowest BCUT2D eigenvalue weighted by atomic mass is 10.1. The van der Waals surface area contributed by atoms with Crippen LogP contribution in [-0.4, -0.2) is 34.2 Å². The van der Waals surface area contributed by atoms with Crippen LogP contribution in [-0.2, 0) is 11.0 Å². The zero-order chi connectivity index (χ0) is 17.1. The van der Waals surface area contributed by atoms with Gasteiger partial charge in [0.05, 0.1) is 12.0 Å². The van der Waals surface area contributed by atoms with Crippen molar-refractivity contribution in [3.63, 3.8) is 0 Å². The van der Waals surface area contributed by atoms with Gasteiger partial charge >= 0.3 is 18.3 Å². The molecule has 0 saturated heterocycles. The average molecular weight is 330 g/mol. The molecule has 0 spiro atoms. The van der Waals surface area contributed by atoms with Crippen molar-refractivity contribution in [2.45, 2.75) is 24.8 Å². The van der Waals surface area contributed by atoms with Crippen molar-refractivity contribution in [2.24, 2.45) is 0 Å². The highest BCUT2D eigenvalue weighted by atomic mass is 19.4. The molecule has 2 N–H and O–H groups in total. The molecule has 22 heavy (non-hydrogen) atoms. The minimum absolute atomic E-state index is 0.501. The van der Waals surface area contributed by atoms with Gasteiger partial charge in [-0.15, -0.1) is 0 Å². The Labute approximate surface area is 119 Å². The van der Waals surface area contributed by atoms with Crippen molar-refractivity contribution in [2.75, 3.05) is 0 Å². The van der Waals surface area contributed by atoms with Crippen molar-refractivity contribution < 1.29 is 41.0 Å². The van der Waals surface area contributed by atoms with Crippen molar-refractivity contribution in [3.05, 3.63) is 29.6 Å². The molecule has 0 bridgehead atoms. The number of aromatic nitrogens is 1. The maximum Gasteiger partial charge on any atom is 0.418 e. The van der Waals surface area contributed by atoms with Crippen LogP contribution < -0.4 is 5.32 Å². The first kappa shape index (κ1) is 17.7. The van der Waals surface area contributed by atoms with Gasteiger partial charge in [0.15, 0.2) is 0 Å². The van der Waals surface area contributed by atoms with E-state index in [2.05, 4.69) is 4.98 Å². The van der Waals surface area contributed by atoms with Crippen LogP contribution in [0.1, 0.15) is 22.5 Å². The number of hydrogen-bond donors (Lipinski definition) is 2. The van der Waals surface area contributed by atoms with E-state index in [0.29, 0.717) is 6.07 Å². The lowest BCUT2D eigenvalue weighted by molar-refractivity contribution is -0.157. The van der Waals surface area contributed by atoms with E-state index >= 15 is 0 Å². The summed E-state index contributed by atoms with van der Waals surface area (Å²) in [7, 11) is 0. The van der Waals surface area contributed by atoms with E-state index in [4.69, 9.17) is 5.11 Å². The van der Waals surface area contributed by atoms with Crippen molar-refractivity contribution in [3.8, 4) is 0 Å². The molecule has 0 aliphatic heterocycles. The second kappa shape index (κ2) is 6.20. The number of pyridine rings is 1. The molecular weight excluding hydrogens is 322 g/mol. The Morgan fingerprint density at radius 2 is 1.82 bits per heavy atom. The number of carbonyl (C=O) groups is 2. The van der Waals surface area contributed by atoms with E-state index in [0.717, 1.165) is 12.3 Å². The monoisotopic (exact) mass is 330 g/mol. The Balaban J connectivity index is 3.04. The van der Waals surface area contributed by atoms with Gasteiger partial charge in [0, 0.05) is 6.20 Å². The largest absolute Gasteiger partial charge is 0.480 e. The van der Waals surface area contributed by atoms with Gasteiger partial charge in [-0.3, -0.25) is 9.78 Å². The van der Waals surface area contributed by atoms with Gasteiger partial charge in [-0.2, -0.15) is 26.3 Å². The topological polar surface area (TPSA) is 79.3 Å². The number of carbonyl (C=O) groups excluding carboxylic acids is 1. The molecule has 0 fully saturated rings. The summed E-state index contributed by atoms with van der Waals surface area (Å²) in [5.41, 5.74) is -2.69. The third kappa shape index (κ3) is 4.90. The van der Waals surface area contributed by atoms with E-state index in [1.165, 1.54) is 5.32 Å². The summed E-state index contributed by atoms with van der Waals surface area (Å²) in [6.45, 7) is 0. The summed E-state index contributed by atoms with van der Waals surface area (Å²) in [5, 5.41) is 9.98. The van der Waals surface area contributed by atoms with E-state index in [1.54, 1.807) is 0 Å². The summed E-state index contributed by atoms with van der Waals surface area (Å²) in [6.07, 6.45) is -11.0. The lowest BCUT2D eigenvalue weighted by Crippen LogP contribution is -2.44. The molecule has 1 unspecified atom stereocenters. The van der Waals surface area contributed by atoms with Crippen molar-refractivity contribution >= 4 is 11.9 Å². The van der Waals surface area contributed by atoms with Gasteiger partial charge in [0.25, 0.3) is 5.91 Å². The molecule has 5 nitrogen and oxygen atoms in total. The number of carboxylic acids is 1. The van der Waals surface area contributed by atoms with Gasteiger partial charge in [-0.05, 0) is 12.1 Å². The maximum absolute atomic E-state index is 12.7. The number of nitrogens with zero attached hydrogens (tertiary/aromatic N) is 1. The maximum atomic E-state index is 12.7. The summed E-state index contributed by atoms with van der Waals surface area (Å²) in [4.78, 5) is 25.4. The van der Waals surface area contributed by atoms with E-state index < -0.39 is 47.9 Å². The van der Waals surface area contributed by atoms with Gasteiger partial charge in [0.2, 0.25) is 0 Å². The molecule has 0 saturated carbocycles. The highest BCUT2D eigenvalue weighted by Crippen LogP contribution is 2.31. The predicted octanol–water partition coefficient (Wildman–Crippen LogP) is 2.24.